The molecule has 0 radical (unpaired) electrons. The number of rotatable bonds is 3. The molecule has 17 heavy (non-hydrogen) atoms. The highest BCUT2D eigenvalue weighted by atomic mass is 32.2. The lowest BCUT2D eigenvalue weighted by Crippen LogP contribution is -2.40. The van der Waals surface area contributed by atoms with Crippen LogP contribution >= 0.6 is 24.0 Å². The number of morpholine rings is 1. The Morgan fingerprint density at radius 1 is 1.29 bits per heavy atom. The fourth-order valence-corrected chi connectivity index (χ4v) is 2.60. The van der Waals surface area contributed by atoms with Crippen molar-refractivity contribution in [1.82, 2.24) is 4.90 Å². The molecule has 2 nitrogen and oxygen atoms in total. The summed E-state index contributed by atoms with van der Waals surface area (Å²) in [5, 5.41) is 0. The molecule has 0 atom stereocenters. The average molecular weight is 267 g/mol. The van der Waals surface area contributed by atoms with Gasteiger partial charge in [0.2, 0.25) is 0 Å². The minimum absolute atomic E-state index is 0.797. The molecule has 1 aliphatic heterocycles. The fraction of sp³-hybridized carbons (Fsp3) is 0.462. The number of hydrogen-bond acceptors (Lipinski definition) is 3. The van der Waals surface area contributed by atoms with Gasteiger partial charge in [0.15, 0.2) is 0 Å². The summed E-state index contributed by atoms with van der Waals surface area (Å²) in [5.74, 6) is 0. The molecule has 0 unspecified atom stereocenters. The third kappa shape index (κ3) is 3.69. The number of thioether (sulfide) groups is 1. The number of nitrogens with zero attached hydrogens (tertiary/aromatic N) is 1. The first-order valence-electron chi connectivity index (χ1n) is 5.78. The Balaban J connectivity index is 1.92. The molecule has 2 rings (SSSR count). The largest absolute Gasteiger partial charge is 0.378 e. The molecule has 1 aromatic carbocycles. The highest BCUT2D eigenvalue weighted by molar-refractivity contribution is 7.98. The van der Waals surface area contributed by atoms with Gasteiger partial charge in [-0.3, -0.25) is 0 Å². The summed E-state index contributed by atoms with van der Waals surface area (Å²) in [4.78, 5) is 4.58. The van der Waals surface area contributed by atoms with Crippen LogP contribution in [0.5, 0.6) is 0 Å². The van der Waals surface area contributed by atoms with Gasteiger partial charge in [-0.2, -0.15) is 0 Å². The molecule has 1 fully saturated rings. The van der Waals surface area contributed by atoms with Crippen molar-refractivity contribution in [2.45, 2.75) is 11.3 Å². The van der Waals surface area contributed by atoms with E-state index in [-0.39, 0.29) is 0 Å². The monoisotopic (exact) mass is 267 g/mol. The molecule has 4 heteroatoms. The first-order valence-corrected chi connectivity index (χ1v) is 7.41. The zero-order chi connectivity index (χ0) is 12.1. The third-order valence-electron chi connectivity index (χ3n) is 2.88. The molecular formula is C13H17NOS2. The molecule has 0 amide bonds. The van der Waals surface area contributed by atoms with E-state index in [1.54, 1.807) is 11.8 Å². The lowest BCUT2D eigenvalue weighted by Gasteiger charge is -2.29. The van der Waals surface area contributed by atoms with E-state index in [4.69, 9.17) is 17.0 Å². The third-order valence-corrected chi connectivity index (χ3v) is 4.02. The molecule has 1 saturated heterocycles. The van der Waals surface area contributed by atoms with Crippen LogP contribution in [-0.2, 0) is 11.2 Å². The second kappa shape index (κ2) is 6.38. The van der Waals surface area contributed by atoms with Gasteiger partial charge in [-0.15, -0.1) is 11.8 Å². The van der Waals surface area contributed by atoms with E-state index in [1.807, 2.05) is 0 Å². The normalized spacial score (nSPS) is 15.9. The van der Waals surface area contributed by atoms with Gasteiger partial charge in [0.05, 0.1) is 18.2 Å². The standard InChI is InChI=1S/C13H17NOS2/c1-17-12-4-2-11(3-5-12)10-13(16)14-6-8-15-9-7-14/h2-5H,6-10H2,1H3. The lowest BCUT2D eigenvalue weighted by atomic mass is 10.1. The van der Waals surface area contributed by atoms with Crippen molar-refractivity contribution < 1.29 is 4.74 Å². The van der Waals surface area contributed by atoms with Crippen LogP contribution < -0.4 is 0 Å². The second-order valence-corrected chi connectivity index (χ2v) is 5.37. The van der Waals surface area contributed by atoms with Crippen LogP contribution in [0.2, 0.25) is 0 Å². The van der Waals surface area contributed by atoms with Crippen LogP contribution in [0, 0.1) is 0 Å². The van der Waals surface area contributed by atoms with E-state index in [0.717, 1.165) is 37.7 Å². The molecule has 0 spiro atoms. The van der Waals surface area contributed by atoms with Crippen LogP contribution in [-0.4, -0.2) is 42.4 Å². The van der Waals surface area contributed by atoms with Crippen molar-refractivity contribution in [3.8, 4) is 0 Å². The maximum absolute atomic E-state index is 5.48. The molecule has 1 heterocycles. The lowest BCUT2D eigenvalue weighted by molar-refractivity contribution is 0.0684. The van der Waals surface area contributed by atoms with E-state index in [0.29, 0.717) is 0 Å². The van der Waals surface area contributed by atoms with Crippen molar-refractivity contribution in [3.05, 3.63) is 29.8 Å². The zero-order valence-corrected chi connectivity index (χ0v) is 11.6. The highest BCUT2D eigenvalue weighted by Gasteiger charge is 2.13. The molecular weight excluding hydrogens is 250 g/mol. The van der Waals surface area contributed by atoms with Gasteiger partial charge in [-0.05, 0) is 24.0 Å². The SMILES string of the molecule is CSc1ccc(CC(=S)N2CCOCC2)cc1. The first kappa shape index (κ1) is 12.9. The highest BCUT2D eigenvalue weighted by Crippen LogP contribution is 2.16. The Kier molecular flexibility index (Phi) is 4.83. The van der Waals surface area contributed by atoms with Crippen LogP contribution in [0.3, 0.4) is 0 Å². The first-order chi connectivity index (χ1) is 8.29. The Labute approximate surface area is 112 Å². The number of thiocarbonyl (C=S) groups is 1. The van der Waals surface area contributed by atoms with E-state index < -0.39 is 0 Å². The smallest absolute Gasteiger partial charge is 0.0825 e. The minimum atomic E-state index is 0.797. The molecule has 0 aromatic heterocycles. The molecule has 0 N–H and O–H groups in total. The van der Waals surface area contributed by atoms with Gasteiger partial charge in [-0.1, -0.05) is 24.4 Å². The van der Waals surface area contributed by atoms with Gasteiger partial charge in [-0.25, -0.2) is 0 Å². The van der Waals surface area contributed by atoms with Gasteiger partial charge in [0.1, 0.15) is 0 Å². The summed E-state index contributed by atoms with van der Waals surface area (Å²) in [6.07, 6.45) is 2.96. The Morgan fingerprint density at radius 2 is 1.94 bits per heavy atom. The maximum Gasteiger partial charge on any atom is 0.0825 e. The Bertz CT molecular complexity index is 372. The van der Waals surface area contributed by atoms with Gasteiger partial charge < -0.3 is 9.64 Å². The van der Waals surface area contributed by atoms with Crippen LogP contribution in [0.25, 0.3) is 0 Å². The maximum atomic E-state index is 5.48. The Morgan fingerprint density at radius 3 is 2.53 bits per heavy atom. The molecule has 1 aliphatic rings. The predicted molar refractivity (Wildman–Crippen MR) is 76.9 cm³/mol. The van der Waals surface area contributed by atoms with E-state index in [2.05, 4.69) is 35.4 Å². The average Bonchev–Trinajstić information content (AvgIpc) is 2.40. The van der Waals surface area contributed by atoms with Gasteiger partial charge in [0, 0.05) is 24.4 Å². The predicted octanol–water partition coefficient (Wildman–Crippen LogP) is 2.61. The van der Waals surface area contributed by atoms with Gasteiger partial charge in [0.25, 0.3) is 0 Å². The van der Waals surface area contributed by atoms with Crippen molar-refractivity contribution in [3.63, 3.8) is 0 Å². The van der Waals surface area contributed by atoms with E-state index >= 15 is 0 Å². The van der Waals surface area contributed by atoms with Crippen molar-refractivity contribution in [2.24, 2.45) is 0 Å². The fourth-order valence-electron chi connectivity index (χ4n) is 1.84. The number of hydrogen-bond donors (Lipinski definition) is 0. The number of benzene rings is 1. The topological polar surface area (TPSA) is 12.5 Å². The Hall–Kier alpha value is -0.580. The van der Waals surface area contributed by atoms with Crippen LogP contribution in [0.4, 0.5) is 0 Å². The van der Waals surface area contributed by atoms with E-state index in [9.17, 15) is 0 Å². The van der Waals surface area contributed by atoms with Crippen molar-refractivity contribution in [1.29, 1.82) is 0 Å². The van der Waals surface area contributed by atoms with Crippen LogP contribution in [0.1, 0.15) is 5.56 Å². The minimum Gasteiger partial charge on any atom is -0.378 e. The summed E-state index contributed by atoms with van der Waals surface area (Å²) in [7, 11) is 0. The second-order valence-electron chi connectivity index (χ2n) is 4.02. The van der Waals surface area contributed by atoms with Crippen LogP contribution in [0.15, 0.2) is 29.2 Å². The molecule has 0 bridgehead atoms. The summed E-state index contributed by atoms with van der Waals surface area (Å²) in [6, 6.07) is 8.64. The molecule has 0 aliphatic carbocycles. The summed E-state index contributed by atoms with van der Waals surface area (Å²) in [6.45, 7) is 3.46. The molecule has 92 valence electrons. The number of ether oxygens (including phenoxy) is 1. The molecule has 1 aromatic rings. The van der Waals surface area contributed by atoms with E-state index in [1.165, 1.54) is 10.5 Å². The zero-order valence-electron chi connectivity index (χ0n) is 10.0. The van der Waals surface area contributed by atoms with Crippen molar-refractivity contribution >= 4 is 29.0 Å². The van der Waals surface area contributed by atoms with Crippen molar-refractivity contribution in [2.75, 3.05) is 32.6 Å². The molecule has 0 saturated carbocycles. The summed E-state index contributed by atoms with van der Waals surface area (Å²) < 4.78 is 5.33. The summed E-state index contributed by atoms with van der Waals surface area (Å²) >= 11 is 7.25. The van der Waals surface area contributed by atoms with Gasteiger partial charge >= 0.3 is 0 Å². The quantitative estimate of drug-likeness (QED) is 0.616. The summed E-state index contributed by atoms with van der Waals surface area (Å²) in [5.41, 5.74) is 1.29.